The molecule has 6 saturated carbocycles. The van der Waals surface area contributed by atoms with Gasteiger partial charge in [0.1, 0.15) is 0 Å². The van der Waals surface area contributed by atoms with E-state index in [9.17, 15) is 0 Å². The van der Waals surface area contributed by atoms with Gasteiger partial charge in [-0.05, 0) is 159 Å². The van der Waals surface area contributed by atoms with Crippen LogP contribution in [0, 0.1) is 98.1 Å². The molecule has 50 heavy (non-hydrogen) atoms. The SMILES string of the molecule is CCC[C@H]1C(C2C3C=C4C(=CC3C3C=C5C(=CC32)C(C)(C)CCC5(C)C)C(C)(C)CCC4(C)C)C2CC(C(C)(C)C)CC2[C@@H]1C1CCCCC1. The van der Waals surface area contributed by atoms with Gasteiger partial charge in [-0.1, -0.05) is 152 Å². The van der Waals surface area contributed by atoms with Crippen LogP contribution < -0.4 is 0 Å². The van der Waals surface area contributed by atoms with Crippen molar-refractivity contribution in [1.29, 1.82) is 0 Å². The zero-order chi connectivity index (χ0) is 35.8. The molecule has 0 aliphatic heterocycles. The molecule has 10 atom stereocenters. The van der Waals surface area contributed by atoms with E-state index in [1.165, 1.54) is 83.5 Å². The topological polar surface area (TPSA) is 0 Å². The van der Waals surface area contributed by atoms with Crippen molar-refractivity contribution in [2.75, 3.05) is 0 Å². The highest BCUT2D eigenvalue weighted by molar-refractivity contribution is 5.51. The second-order valence-electron chi connectivity index (χ2n) is 23.6. The summed E-state index contributed by atoms with van der Waals surface area (Å²) in [4.78, 5) is 0. The van der Waals surface area contributed by atoms with E-state index in [4.69, 9.17) is 0 Å². The lowest BCUT2D eigenvalue weighted by Crippen LogP contribution is -2.38. The first-order valence-corrected chi connectivity index (χ1v) is 22.3. The Morgan fingerprint density at radius 2 is 0.940 bits per heavy atom. The van der Waals surface area contributed by atoms with E-state index in [2.05, 4.69) is 107 Å². The van der Waals surface area contributed by atoms with Crippen LogP contribution in [0.15, 0.2) is 46.6 Å². The summed E-state index contributed by atoms with van der Waals surface area (Å²) in [5.74, 6) is 10.1. The average molecular weight is 679 g/mol. The Bertz CT molecular complexity index is 1380. The van der Waals surface area contributed by atoms with E-state index in [-0.39, 0.29) is 21.7 Å². The van der Waals surface area contributed by atoms with Gasteiger partial charge < -0.3 is 0 Å². The number of rotatable bonds is 4. The van der Waals surface area contributed by atoms with Gasteiger partial charge in [-0.2, -0.15) is 0 Å². The Hall–Kier alpha value is -1.04. The van der Waals surface area contributed by atoms with Crippen LogP contribution in [0.5, 0.6) is 0 Å². The molecule has 0 saturated heterocycles. The Kier molecular flexibility index (Phi) is 8.62. The maximum atomic E-state index is 3.02. The molecule has 8 aliphatic carbocycles. The van der Waals surface area contributed by atoms with Gasteiger partial charge in [0.15, 0.2) is 0 Å². The summed E-state index contributed by atoms with van der Waals surface area (Å²) in [5, 5.41) is 0. The minimum absolute atomic E-state index is 0.287. The second kappa shape index (κ2) is 12.0. The predicted molar refractivity (Wildman–Crippen MR) is 214 cm³/mol. The van der Waals surface area contributed by atoms with Crippen molar-refractivity contribution >= 4 is 0 Å². The summed E-state index contributed by atoms with van der Waals surface area (Å²) in [6, 6.07) is 0. The van der Waals surface area contributed by atoms with Crippen LogP contribution in [-0.2, 0) is 0 Å². The van der Waals surface area contributed by atoms with Gasteiger partial charge in [-0.3, -0.25) is 0 Å². The molecule has 0 heteroatoms. The quantitative estimate of drug-likeness (QED) is 0.278. The zero-order valence-corrected chi connectivity index (χ0v) is 34.9. The molecular weight excluding hydrogens is 601 g/mol. The molecule has 0 radical (unpaired) electrons. The Balaban J connectivity index is 1.31. The number of hydrogen-bond donors (Lipinski definition) is 0. The van der Waals surface area contributed by atoms with Crippen molar-refractivity contribution in [2.24, 2.45) is 98.1 Å². The lowest BCUT2D eigenvalue weighted by molar-refractivity contribution is 0.0855. The number of hydrogen-bond acceptors (Lipinski definition) is 0. The van der Waals surface area contributed by atoms with Gasteiger partial charge in [0.2, 0.25) is 0 Å². The van der Waals surface area contributed by atoms with Crippen LogP contribution in [0.3, 0.4) is 0 Å². The Labute approximate surface area is 310 Å². The molecule has 8 aliphatic rings. The molecule has 0 aromatic heterocycles. The van der Waals surface area contributed by atoms with Crippen molar-refractivity contribution in [3.05, 3.63) is 46.6 Å². The highest BCUT2D eigenvalue weighted by atomic mass is 14.7. The fourth-order valence-corrected chi connectivity index (χ4v) is 15.1. The van der Waals surface area contributed by atoms with E-state index in [0.717, 1.165) is 47.3 Å². The fourth-order valence-electron chi connectivity index (χ4n) is 15.1. The number of allylic oxidation sites excluding steroid dienone is 8. The Morgan fingerprint density at radius 1 is 0.540 bits per heavy atom. The summed E-state index contributed by atoms with van der Waals surface area (Å²) in [6.07, 6.45) is 30.7. The molecular formula is C50H78. The number of fused-ring (bicyclic) bond motifs is 6. The minimum atomic E-state index is 0.287. The van der Waals surface area contributed by atoms with E-state index in [1.807, 2.05) is 0 Å². The Morgan fingerprint density at radius 3 is 1.34 bits per heavy atom. The monoisotopic (exact) mass is 679 g/mol. The fraction of sp³-hybridized carbons (Fsp3) is 0.840. The minimum Gasteiger partial charge on any atom is -0.0765 e. The molecule has 0 spiro atoms. The molecule has 0 heterocycles. The summed E-state index contributed by atoms with van der Waals surface area (Å²) >= 11 is 0. The standard InChI is InChI=1S/C50H78/c1-13-17-32-43(30-18-15-14-16-19-30)35-24-31(46(2,3)4)25-36(35)44(32)45-37-28-41-39(47(5,6)20-22-49(41,9)10)26-33(37)34-27-40-42(29-38(34)45)50(11,12)23-21-48(40,7)8/h26-38,43-45H,13-25H2,1-12H3/t31?,32-,33?,34?,35?,36?,37?,38?,43-,44?,45?/m1/s1. The van der Waals surface area contributed by atoms with Gasteiger partial charge in [0.25, 0.3) is 0 Å². The lowest BCUT2D eigenvalue weighted by atomic mass is 9.56. The van der Waals surface area contributed by atoms with Crippen molar-refractivity contribution in [2.45, 2.75) is 167 Å². The average Bonchev–Trinajstić information content (AvgIpc) is 3.70. The molecule has 8 unspecified atom stereocenters. The van der Waals surface area contributed by atoms with Gasteiger partial charge in [0, 0.05) is 0 Å². The molecule has 0 amide bonds. The van der Waals surface area contributed by atoms with Crippen LogP contribution in [0.4, 0.5) is 0 Å². The van der Waals surface area contributed by atoms with Crippen LogP contribution in [0.25, 0.3) is 0 Å². The van der Waals surface area contributed by atoms with Crippen molar-refractivity contribution in [1.82, 2.24) is 0 Å². The third kappa shape index (κ3) is 5.53. The molecule has 0 N–H and O–H groups in total. The highest BCUT2D eigenvalue weighted by Gasteiger charge is 2.64. The zero-order valence-electron chi connectivity index (χ0n) is 34.9. The maximum absolute atomic E-state index is 3.02. The van der Waals surface area contributed by atoms with E-state index in [1.54, 1.807) is 22.3 Å². The third-order valence-electron chi connectivity index (χ3n) is 18.0. The van der Waals surface area contributed by atoms with Gasteiger partial charge in [-0.15, -0.1) is 0 Å². The molecule has 0 aromatic carbocycles. The van der Waals surface area contributed by atoms with E-state index < -0.39 is 0 Å². The predicted octanol–water partition coefficient (Wildman–Crippen LogP) is 14.4. The largest absolute Gasteiger partial charge is 0.0765 e. The first kappa shape index (κ1) is 36.0. The highest BCUT2D eigenvalue weighted by Crippen LogP contribution is 2.71. The summed E-state index contributed by atoms with van der Waals surface area (Å²) < 4.78 is 0. The molecule has 0 nitrogen and oxygen atoms in total. The molecule has 0 bridgehead atoms. The molecule has 6 fully saturated rings. The molecule has 8 rings (SSSR count). The van der Waals surface area contributed by atoms with Crippen LogP contribution >= 0.6 is 0 Å². The molecule has 278 valence electrons. The molecule has 0 aromatic rings. The van der Waals surface area contributed by atoms with Crippen molar-refractivity contribution < 1.29 is 0 Å². The van der Waals surface area contributed by atoms with Crippen molar-refractivity contribution in [3.8, 4) is 0 Å². The lowest BCUT2D eigenvalue weighted by Gasteiger charge is -2.48. The normalized spacial score (nSPS) is 44.1. The summed E-state index contributed by atoms with van der Waals surface area (Å²) in [5.41, 5.74) is 8.60. The van der Waals surface area contributed by atoms with Crippen LogP contribution in [-0.4, -0.2) is 0 Å². The summed E-state index contributed by atoms with van der Waals surface area (Å²) in [7, 11) is 0. The smallest absolute Gasteiger partial charge is 0.00922 e. The second-order valence-corrected chi connectivity index (χ2v) is 23.6. The third-order valence-corrected chi connectivity index (χ3v) is 18.0. The van der Waals surface area contributed by atoms with Gasteiger partial charge >= 0.3 is 0 Å². The van der Waals surface area contributed by atoms with E-state index >= 15 is 0 Å². The first-order chi connectivity index (χ1) is 23.4. The van der Waals surface area contributed by atoms with Gasteiger partial charge in [-0.25, -0.2) is 0 Å². The van der Waals surface area contributed by atoms with E-state index in [0.29, 0.717) is 29.1 Å². The van der Waals surface area contributed by atoms with Crippen LogP contribution in [0.1, 0.15) is 167 Å². The van der Waals surface area contributed by atoms with Crippen molar-refractivity contribution in [3.63, 3.8) is 0 Å². The maximum Gasteiger partial charge on any atom is -0.00922 e. The van der Waals surface area contributed by atoms with Crippen LogP contribution in [0.2, 0.25) is 0 Å². The first-order valence-electron chi connectivity index (χ1n) is 22.3. The van der Waals surface area contributed by atoms with Gasteiger partial charge in [0.05, 0.1) is 0 Å². The summed E-state index contributed by atoms with van der Waals surface area (Å²) in [6.45, 7) is 31.0.